The summed E-state index contributed by atoms with van der Waals surface area (Å²) in [6, 6.07) is 5.42. The molecule has 0 aliphatic carbocycles. The number of nitrogens with zero attached hydrogens (tertiary/aromatic N) is 1. The molecule has 2 rings (SSSR count). The van der Waals surface area contributed by atoms with Crippen LogP contribution in [0.5, 0.6) is 0 Å². The molecule has 100 valence electrons. The summed E-state index contributed by atoms with van der Waals surface area (Å²) in [6.07, 6.45) is 0.244. The van der Waals surface area contributed by atoms with Crippen LogP contribution in [0.3, 0.4) is 0 Å². The fraction of sp³-hybridized carbons (Fsp3) is 0.231. The highest BCUT2D eigenvalue weighted by atomic mass is 35.5. The fourth-order valence-electron chi connectivity index (χ4n) is 1.57. The number of alkyl halides is 1. The summed E-state index contributed by atoms with van der Waals surface area (Å²) in [5, 5.41) is 6.09. The average molecular weight is 315 g/mol. The van der Waals surface area contributed by atoms with E-state index in [1.807, 2.05) is 18.4 Å². The van der Waals surface area contributed by atoms with Crippen molar-refractivity contribution in [1.82, 2.24) is 4.98 Å². The van der Waals surface area contributed by atoms with Gasteiger partial charge >= 0.3 is 0 Å². The van der Waals surface area contributed by atoms with Crippen LogP contribution in [0.25, 0.3) is 0 Å². The number of carbonyl (C=O) groups excluding carboxylic acids is 1. The Morgan fingerprint density at radius 3 is 2.95 bits per heavy atom. The van der Waals surface area contributed by atoms with Crippen molar-refractivity contribution in [3.63, 3.8) is 0 Å². The highest BCUT2D eigenvalue weighted by molar-refractivity contribution is 7.09. The summed E-state index contributed by atoms with van der Waals surface area (Å²) in [5.41, 5.74) is 2.39. The number of anilines is 1. The van der Waals surface area contributed by atoms with Crippen LogP contribution in [0.15, 0.2) is 23.6 Å². The highest BCUT2D eigenvalue weighted by Crippen LogP contribution is 2.23. The van der Waals surface area contributed by atoms with Crippen molar-refractivity contribution in [3.8, 4) is 0 Å². The molecular weight excluding hydrogens is 303 g/mol. The first kappa shape index (κ1) is 14.3. The van der Waals surface area contributed by atoms with Gasteiger partial charge in [-0.05, 0) is 24.6 Å². The van der Waals surface area contributed by atoms with Crippen LogP contribution in [0.1, 0.15) is 16.3 Å². The number of hydrogen-bond acceptors (Lipinski definition) is 3. The van der Waals surface area contributed by atoms with Crippen LogP contribution in [0, 0.1) is 6.92 Å². The molecule has 0 aliphatic heterocycles. The highest BCUT2D eigenvalue weighted by Gasteiger charge is 2.10. The summed E-state index contributed by atoms with van der Waals surface area (Å²) in [6.45, 7) is 1.87. The van der Waals surface area contributed by atoms with Crippen molar-refractivity contribution in [3.05, 3.63) is 44.9 Å². The molecule has 0 atom stereocenters. The van der Waals surface area contributed by atoms with Crippen LogP contribution in [0.2, 0.25) is 5.02 Å². The number of thiazole rings is 1. The van der Waals surface area contributed by atoms with Gasteiger partial charge in [0.05, 0.1) is 18.0 Å². The third kappa shape index (κ3) is 3.69. The summed E-state index contributed by atoms with van der Waals surface area (Å²) in [7, 11) is 0. The van der Waals surface area contributed by atoms with Crippen molar-refractivity contribution in [2.75, 3.05) is 5.32 Å². The van der Waals surface area contributed by atoms with Gasteiger partial charge in [0.1, 0.15) is 5.01 Å². The Bertz CT molecular complexity index is 598. The number of carbonyl (C=O) groups is 1. The number of nitrogens with one attached hydrogen (secondary N) is 1. The molecule has 0 saturated carbocycles. The van der Waals surface area contributed by atoms with E-state index in [2.05, 4.69) is 10.3 Å². The van der Waals surface area contributed by atoms with Gasteiger partial charge in [-0.2, -0.15) is 0 Å². The van der Waals surface area contributed by atoms with E-state index in [1.54, 1.807) is 12.1 Å². The van der Waals surface area contributed by atoms with Gasteiger partial charge < -0.3 is 5.32 Å². The lowest BCUT2D eigenvalue weighted by molar-refractivity contribution is -0.115. The van der Waals surface area contributed by atoms with Crippen molar-refractivity contribution >= 4 is 46.1 Å². The molecule has 0 fully saturated rings. The zero-order chi connectivity index (χ0) is 13.8. The van der Waals surface area contributed by atoms with E-state index in [-0.39, 0.29) is 12.3 Å². The molecule has 1 aromatic carbocycles. The third-order valence-corrected chi connectivity index (χ3v) is 4.17. The predicted molar refractivity (Wildman–Crippen MR) is 80.2 cm³/mol. The molecule has 1 heterocycles. The first-order chi connectivity index (χ1) is 9.10. The molecule has 0 radical (unpaired) electrons. The molecule has 1 aromatic heterocycles. The van der Waals surface area contributed by atoms with Crippen molar-refractivity contribution < 1.29 is 4.79 Å². The molecule has 19 heavy (non-hydrogen) atoms. The molecule has 0 unspecified atom stereocenters. The molecule has 3 nitrogen and oxygen atoms in total. The van der Waals surface area contributed by atoms with Crippen LogP contribution in [0.4, 0.5) is 5.69 Å². The molecule has 0 aliphatic rings. The van der Waals surface area contributed by atoms with E-state index in [4.69, 9.17) is 23.2 Å². The number of hydrogen-bond donors (Lipinski definition) is 1. The Labute approximate surface area is 125 Å². The average Bonchev–Trinajstić information content (AvgIpc) is 2.82. The number of rotatable bonds is 4. The minimum absolute atomic E-state index is 0.110. The standard InChI is InChI=1S/C13H12Cl2N2OS/c1-8-10(15)3-2-4-11(8)17-12(18)5-13-16-9(6-14)7-19-13/h2-4,7H,5-6H2,1H3,(H,17,18). The van der Waals surface area contributed by atoms with Crippen molar-refractivity contribution in [2.45, 2.75) is 19.2 Å². The van der Waals surface area contributed by atoms with Crippen molar-refractivity contribution in [1.29, 1.82) is 0 Å². The summed E-state index contributed by atoms with van der Waals surface area (Å²) in [5.74, 6) is 0.256. The van der Waals surface area contributed by atoms with Crippen LogP contribution in [-0.2, 0) is 17.1 Å². The third-order valence-electron chi connectivity index (χ3n) is 2.59. The van der Waals surface area contributed by atoms with E-state index in [0.717, 1.165) is 22.0 Å². The fourth-order valence-corrected chi connectivity index (χ4v) is 2.76. The van der Waals surface area contributed by atoms with Crippen molar-refractivity contribution in [2.24, 2.45) is 0 Å². The second-order valence-electron chi connectivity index (χ2n) is 4.00. The predicted octanol–water partition coefficient (Wildman–Crippen LogP) is 4.02. The quantitative estimate of drug-likeness (QED) is 0.866. The molecule has 1 amide bonds. The van der Waals surface area contributed by atoms with Gasteiger partial charge in [0.2, 0.25) is 5.91 Å². The number of amides is 1. The smallest absolute Gasteiger partial charge is 0.231 e. The molecule has 0 spiro atoms. The van der Waals surface area contributed by atoms with Gasteiger partial charge in [-0.1, -0.05) is 17.7 Å². The maximum Gasteiger partial charge on any atom is 0.231 e. The normalized spacial score (nSPS) is 10.5. The Hall–Kier alpha value is -1.10. The van der Waals surface area contributed by atoms with E-state index in [9.17, 15) is 4.79 Å². The lowest BCUT2D eigenvalue weighted by Gasteiger charge is -2.08. The minimum atomic E-state index is -0.110. The first-order valence-corrected chi connectivity index (χ1v) is 7.43. The van der Waals surface area contributed by atoms with E-state index >= 15 is 0 Å². The van der Waals surface area contributed by atoms with Gasteiger partial charge in [-0.3, -0.25) is 4.79 Å². The molecule has 0 saturated heterocycles. The number of aromatic nitrogens is 1. The number of benzene rings is 1. The monoisotopic (exact) mass is 314 g/mol. The van der Waals surface area contributed by atoms with E-state index in [0.29, 0.717) is 10.9 Å². The van der Waals surface area contributed by atoms with E-state index < -0.39 is 0 Å². The Morgan fingerprint density at radius 2 is 2.26 bits per heavy atom. The Kier molecular flexibility index (Phi) is 4.80. The van der Waals surface area contributed by atoms with Gasteiger partial charge in [-0.15, -0.1) is 22.9 Å². The van der Waals surface area contributed by atoms with Crippen LogP contribution in [-0.4, -0.2) is 10.9 Å². The lowest BCUT2D eigenvalue weighted by atomic mass is 10.2. The topological polar surface area (TPSA) is 42.0 Å². The maximum absolute atomic E-state index is 11.9. The Balaban J connectivity index is 2.03. The van der Waals surface area contributed by atoms with E-state index in [1.165, 1.54) is 11.3 Å². The molecule has 2 aromatic rings. The molecule has 6 heteroatoms. The second-order valence-corrected chi connectivity index (χ2v) is 5.62. The van der Waals surface area contributed by atoms with Gasteiger partial charge in [-0.25, -0.2) is 4.98 Å². The summed E-state index contributed by atoms with van der Waals surface area (Å²) >= 11 is 13.1. The summed E-state index contributed by atoms with van der Waals surface area (Å²) < 4.78 is 0. The minimum Gasteiger partial charge on any atom is -0.325 e. The van der Waals surface area contributed by atoms with Gasteiger partial charge in [0.15, 0.2) is 0 Å². The first-order valence-electron chi connectivity index (χ1n) is 5.64. The second kappa shape index (κ2) is 6.37. The molecule has 1 N–H and O–H groups in total. The maximum atomic E-state index is 11.9. The SMILES string of the molecule is Cc1c(Cl)cccc1NC(=O)Cc1nc(CCl)cs1. The largest absolute Gasteiger partial charge is 0.325 e. The lowest BCUT2D eigenvalue weighted by Crippen LogP contribution is -2.15. The number of halogens is 2. The van der Waals surface area contributed by atoms with Crippen LogP contribution >= 0.6 is 34.5 Å². The molecule has 0 bridgehead atoms. The zero-order valence-corrected chi connectivity index (χ0v) is 12.6. The van der Waals surface area contributed by atoms with Gasteiger partial charge in [0, 0.05) is 16.1 Å². The van der Waals surface area contributed by atoms with Crippen LogP contribution < -0.4 is 5.32 Å². The molecular formula is C13H12Cl2N2OS. The summed E-state index contributed by atoms with van der Waals surface area (Å²) in [4.78, 5) is 16.2. The Morgan fingerprint density at radius 1 is 1.47 bits per heavy atom. The van der Waals surface area contributed by atoms with Gasteiger partial charge in [0.25, 0.3) is 0 Å². The zero-order valence-electron chi connectivity index (χ0n) is 10.2.